The molecule has 10 heteroatoms. The van der Waals surface area contributed by atoms with Crippen LogP contribution < -0.4 is 0 Å². The first kappa shape index (κ1) is 70.9. The zero-order chi connectivity index (χ0) is 80.7. The van der Waals surface area contributed by atoms with Gasteiger partial charge in [0.15, 0.2) is 34.7 Å². The molecule has 0 N–H and O–H groups in total. The van der Waals surface area contributed by atoms with Crippen LogP contribution in [0.5, 0.6) is 0 Å². The number of hydrogen-bond donors (Lipinski definition) is 0. The Labute approximate surface area is 724 Å². The zero-order valence-corrected chi connectivity index (χ0v) is 70.0. The van der Waals surface area contributed by atoms with Crippen molar-refractivity contribution in [2.75, 3.05) is 0 Å². The van der Waals surface area contributed by atoms with Crippen LogP contribution in [0.4, 0.5) is 0 Å². The molecule has 15 aromatic carbocycles. The number of fused-ring (bicyclic) bond motifs is 14. The van der Waals surface area contributed by atoms with E-state index in [1.54, 1.807) is 6.33 Å². The second-order valence-electron chi connectivity index (χ2n) is 30.9. The number of aromatic nitrogens is 8. The monoisotopic (exact) mass is 1890 g/mol. The molecular formula is C109H76N8Pt2-2. The molecule has 2 aliphatic carbocycles. The second-order valence-corrected chi connectivity index (χ2v) is 30.9. The van der Waals surface area contributed by atoms with Gasteiger partial charge in [-0.1, -0.05) is 217 Å². The Morgan fingerprint density at radius 3 is 1.09 bits per heavy atom. The molecule has 21 aromatic rings. The average Bonchev–Trinajstić information content (AvgIpc) is 1.53. The first-order valence-corrected chi connectivity index (χ1v) is 39.9. The molecule has 0 saturated carbocycles. The number of pyridine rings is 2. The molecule has 0 radical (unpaired) electrons. The van der Waals surface area contributed by atoms with E-state index in [0.29, 0.717) is 5.52 Å². The molecule has 0 atom stereocenters. The van der Waals surface area contributed by atoms with Gasteiger partial charge in [-0.2, -0.15) is 65.2 Å². The SMILES string of the molecule is Cc1cccc(C)c1-c1ccnc(-n2c3[c-]c(C4(c5[c-]c(-n6[cH+]n(-c7ccccc7)c7ccccc76)ccc5)c5ccccc5-c5ccccc54)ccc3c3ccccc32)c1.[2H]C([2H])([2H])n1[cH+]n(-c2[c-]c(C3(c4[c-]c5c(cc4)c4ccccc4n5-c4cc(-c5c(C)cccc5C)ccn4)c4ccccc4-c4ccccc43)ccc2)c2ccccc21.[Pt].[Pt]. The number of para-hydroxylation sites is 7. The van der Waals surface area contributed by atoms with Crippen molar-refractivity contribution in [3.8, 4) is 73.2 Å². The number of aryl methyl sites for hydroxylation is 5. The van der Waals surface area contributed by atoms with Crippen molar-refractivity contribution in [1.82, 2.24) is 37.4 Å². The van der Waals surface area contributed by atoms with Gasteiger partial charge in [-0.15, -0.1) is 51.2 Å². The number of rotatable bonds is 11. The Hall–Kier alpha value is -13.5. The maximum absolute atomic E-state index is 8.34. The van der Waals surface area contributed by atoms with Gasteiger partial charge in [-0.3, -0.25) is 0 Å². The minimum atomic E-state index is -2.36. The Morgan fingerprint density at radius 1 is 0.303 bits per heavy atom. The summed E-state index contributed by atoms with van der Waals surface area (Å²) in [5, 5.41) is 4.52. The molecule has 119 heavy (non-hydrogen) atoms. The van der Waals surface area contributed by atoms with E-state index in [0.717, 1.165) is 139 Å². The molecule has 6 aromatic heterocycles. The summed E-state index contributed by atoms with van der Waals surface area (Å²) in [5.41, 5.74) is 32.1. The number of nitrogens with zero attached hydrogens (tertiary/aromatic N) is 8. The van der Waals surface area contributed by atoms with Crippen molar-refractivity contribution >= 4 is 65.7 Å². The Bertz CT molecular complexity index is 7630. The van der Waals surface area contributed by atoms with Crippen molar-refractivity contribution in [3.63, 3.8) is 0 Å². The predicted molar refractivity (Wildman–Crippen MR) is 478 cm³/mol. The van der Waals surface area contributed by atoms with Gasteiger partial charge in [-0.05, 0) is 188 Å². The van der Waals surface area contributed by atoms with Gasteiger partial charge in [0.05, 0.1) is 0 Å². The molecule has 23 rings (SSSR count). The van der Waals surface area contributed by atoms with Crippen molar-refractivity contribution in [1.29, 1.82) is 0 Å². The average molecular weight is 1890 g/mol. The number of benzene rings is 15. The van der Waals surface area contributed by atoms with Crippen molar-refractivity contribution in [2.45, 2.75) is 38.5 Å². The van der Waals surface area contributed by atoms with E-state index in [4.69, 9.17) is 14.1 Å². The molecule has 6 heterocycles. The van der Waals surface area contributed by atoms with Gasteiger partial charge < -0.3 is 9.13 Å². The summed E-state index contributed by atoms with van der Waals surface area (Å²) in [6.45, 7) is 6.34. The molecule has 0 fully saturated rings. The molecule has 0 bridgehead atoms. The van der Waals surface area contributed by atoms with E-state index >= 15 is 0 Å². The molecule has 574 valence electrons. The third-order valence-corrected chi connectivity index (χ3v) is 24.6. The molecule has 0 unspecified atom stereocenters. The summed E-state index contributed by atoms with van der Waals surface area (Å²) in [5.74, 6) is 1.68. The first-order valence-electron chi connectivity index (χ1n) is 41.4. The summed E-state index contributed by atoms with van der Waals surface area (Å²) in [6, 6.07) is 139. The summed E-state index contributed by atoms with van der Waals surface area (Å²) in [6.07, 6.45) is 7.72. The van der Waals surface area contributed by atoms with Crippen molar-refractivity contribution in [3.05, 3.63) is 462 Å². The summed E-state index contributed by atoms with van der Waals surface area (Å²) < 4.78 is 37.4. The van der Waals surface area contributed by atoms with Gasteiger partial charge >= 0.3 is 0 Å². The zero-order valence-electron chi connectivity index (χ0n) is 68.4. The maximum atomic E-state index is 8.34. The summed E-state index contributed by atoms with van der Waals surface area (Å²) in [4.78, 5) is 10.1. The van der Waals surface area contributed by atoms with Gasteiger partial charge in [0.2, 0.25) is 0 Å². The fourth-order valence-electron chi connectivity index (χ4n) is 19.6. The Morgan fingerprint density at radius 2 is 0.655 bits per heavy atom. The molecule has 0 saturated heterocycles. The van der Waals surface area contributed by atoms with Crippen LogP contribution in [-0.4, -0.2) is 37.4 Å². The number of hydrogen-bond acceptors (Lipinski definition) is 2. The third kappa shape index (κ3) is 11.5. The van der Waals surface area contributed by atoms with Crippen molar-refractivity contribution < 1.29 is 46.2 Å². The van der Waals surface area contributed by atoms with Crippen LogP contribution in [0.1, 0.15) is 70.9 Å². The van der Waals surface area contributed by atoms with E-state index in [9.17, 15) is 0 Å². The first-order chi connectivity index (χ1) is 58.8. The Balaban J connectivity index is 0.000000153. The summed E-state index contributed by atoms with van der Waals surface area (Å²) >= 11 is 0. The second kappa shape index (κ2) is 29.6. The van der Waals surface area contributed by atoms with E-state index in [1.165, 1.54) is 65.6 Å². The van der Waals surface area contributed by atoms with Crippen LogP contribution in [0.25, 0.3) is 139 Å². The van der Waals surface area contributed by atoms with E-state index in [1.807, 2.05) is 47.3 Å². The molecule has 2 aliphatic rings. The smallest absolute Gasteiger partial charge is 0.188 e. The minimum absolute atomic E-state index is 0. The molecular weight excluding hydrogens is 1810 g/mol. The van der Waals surface area contributed by atoms with Crippen LogP contribution in [0.2, 0.25) is 0 Å². The molecule has 8 nitrogen and oxygen atoms in total. The van der Waals surface area contributed by atoms with Gasteiger partial charge in [0.1, 0.15) is 17.3 Å². The fourth-order valence-corrected chi connectivity index (χ4v) is 19.6. The predicted octanol–water partition coefficient (Wildman–Crippen LogP) is 25.4. The van der Waals surface area contributed by atoms with E-state index in [-0.39, 0.29) is 42.1 Å². The van der Waals surface area contributed by atoms with E-state index in [2.05, 4.69) is 392 Å². The minimum Gasteiger partial charge on any atom is -0.319 e. The van der Waals surface area contributed by atoms with Gasteiger partial charge in [-0.25, -0.2) is 23.7 Å². The van der Waals surface area contributed by atoms with Crippen molar-refractivity contribution in [2.24, 2.45) is 6.98 Å². The van der Waals surface area contributed by atoms with Crippen LogP contribution in [0.3, 0.4) is 0 Å². The maximum Gasteiger partial charge on any atom is 0.188 e. The van der Waals surface area contributed by atoms with Crippen LogP contribution in [0.15, 0.2) is 371 Å². The molecule has 0 aliphatic heterocycles. The van der Waals surface area contributed by atoms with E-state index < -0.39 is 17.8 Å². The van der Waals surface area contributed by atoms with Gasteiger partial charge in [0.25, 0.3) is 0 Å². The fraction of sp³-hybridized carbons (Fsp3) is 0.0642. The third-order valence-electron chi connectivity index (χ3n) is 24.6. The topological polar surface area (TPSA) is 55.4 Å². The standard InChI is InChI=1S/C57H39N4.C52H37N4.2Pt/c1-38-16-14-17-39(2)56(38)40-32-33-58-55(34-40)61-51-27-11-8-24-47(51)48-31-30-42(36-54(48)61)57(49-25-9-6-22-45(49)46-23-7-10-26-50(46)57)41-18-15-21-44(35-41)60-37-59(43-19-4-3-5-20-43)52-28-12-13-29-53(52)60;1-34-14-12-15-35(2)51(34)36-28-29-53-50(30-36)56-46-23-9-6-20-42(46)43-27-26-38(32-49(43)56)52(44-21-7-4-18-40(44)41-19-5-8-22-45(41)52)37-16-13-17-39(31-37)55-33-54(3)47-24-10-11-25-48(47)55;;/h3-34,37H,1-2H3;4-30,33H,1-3H3;;/q2*-1;;/i;3D3;;. The van der Waals surface area contributed by atoms with Crippen LogP contribution >= 0.6 is 0 Å². The quantitative estimate of drug-likeness (QED) is 0.121. The molecule has 0 amide bonds. The summed E-state index contributed by atoms with van der Waals surface area (Å²) in [7, 11) is 0. The van der Waals surface area contributed by atoms with Crippen LogP contribution in [-0.2, 0) is 59.9 Å². The Kier molecular flexibility index (Phi) is 17.6. The largest absolute Gasteiger partial charge is 0.319 e. The van der Waals surface area contributed by atoms with Gasteiger partial charge in [0, 0.05) is 123 Å². The number of imidazole rings is 2. The normalized spacial score (nSPS) is 13.2. The van der Waals surface area contributed by atoms with Crippen LogP contribution in [0, 0.1) is 52.0 Å². The molecule has 0 spiro atoms.